The van der Waals surface area contributed by atoms with Gasteiger partial charge in [0.15, 0.2) is 0 Å². The summed E-state index contributed by atoms with van der Waals surface area (Å²) in [4.78, 5) is 8.65. The van der Waals surface area contributed by atoms with Gasteiger partial charge < -0.3 is 0 Å². The second-order valence-corrected chi connectivity index (χ2v) is 5.53. The van der Waals surface area contributed by atoms with Gasteiger partial charge >= 0.3 is 0 Å². The molecule has 1 aromatic heterocycles. The molecular weight excluding hydrogens is 220 g/mol. The third-order valence-electron chi connectivity index (χ3n) is 3.55. The number of hydrogen-bond donors (Lipinski definition) is 0. The maximum absolute atomic E-state index is 4.33. The third kappa shape index (κ3) is 2.87. The summed E-state index contributed by atoms with van der Waals surface area (Å²) < 4.78 is 0. The van der Waals surface area contributed by atoms with Gasteiger partial charge in [0.25, 0.3) is 0 Å². The molecule has 0 N–H and O–H groups in total. The normalized spacial score (nSPS) is 16.3. The minimum absolute atomic E-state index is 0.0371. The van der Waals surface area contributed by atoms with E-state index >= 15 is 0 Å². The molecule has 0 fully saturated rings. The van der Waals surface area contributed by atoms with Crippen molar-refractivity contribution < 1.29 is 0 Å². The van der Waals surface area contributed by atoms with Crippen LogP contribution in [-0.4, -0.2) is 9.97 Å². The van der Waals surface area contributed by atoms with Gasteiger partial charge in [-0.25, -0.2) is 0 Å². The Morgan fingerprint density at radius 2 is 1.28 bits per heavy atom. The van der Waals surface area contributed by atoms with E-state index in [0.717, 1.165) is 11.4 Å². The van der Waals surface area contributed by atoms with Crippen LogP contribution in [0, 0.1) is 10.8 Å². The van der Waals surface area contributed by atoms with Crippen molar-refractivity contribution in [3.8, 4) is 0 Å². The molecule has 0 radical (unpaired) electrons. The van der Waals surface area contributed by atoms with Crippen LogP contribution in [0.15, 0.2) is 24.5 Å². The lowest BCUT2D eigenvalue weighted by atomic mass is 9.68. The van der Waals surface area contributed by atoms with Crippen molar-refractivity contribution in [3.63, 3.8) is 0 Å². The molecule has 1 aliphatic carbocycles. The fourth-order valence-electron chi connectivity index (χ4n) is 1.68. The van der Waals surface area contributed by atoms with Crippen LogP contribution in [0.3, 0.4) is 0 Å². The van der Waals surface area contributed by atoms with E-state index < -0.39 is 0 Å². The first-order chi connectivity index (χ1) is 8.42. The Labute approximate surface area is 111 Å². The van der Waals surface area contributed by atoms with Crippen LogP contribution in [0.5, 0.6) is 0 Å². The van der Waals surface area contributed by atoms with Crippen LogP contribution >= 0.6 is 0 Å². The van der Waals surface area contributed by atoms with E-state index in [0.29, 0.717) is 0 Å². The zero-order valence-electron chi connectivity index (χ0n) is 12.4. The second kappa shape index (κ2) is 5.47. The Hall–Kier alpha value is -1.44. The number of rotatable bonds is 0. The van der Waals surface area contributed by atoms with Crippen molar-refractivity contribution in [2.24, 2.45) is 10.8 Å². The molecule has 0 spiro atoms. The van der Waals surface area contributed by atoms with Crippen molar-refractivity contribution in [2.75, 3.05) is 0 Å². The number of nitrogens with zero attached hydrogens (tertiary/aromatic N) is 2. The topological polar surface area (TPSA) is 25.8 Å². The number of hydrogen-bond acceptors (Lipinski definition) is 2. The standard InChI is InChI=1S/C14H18N2.C2H6/c1-13(2,3)14(4)7-5-11-12(6-8-14)16-10-9-15-11;1-2/h5-10H,1-4H3;1-2H3. The highest BCUT2D eigenvalue weighted by molar-refractivity contribution is 5.63. The zero-order valence-corrected chi connectivity index (χ0v) is 12.4. The summed E-state index contributed by atoms with van der Waals surface area (Å²) in [7, 11) is 0. The summed E-state index contributed by atoms with van der Waals surface area (Å²) in [6.45, 7) is 13.0. The van der Waals surface area contributed by atoms with Gasteiger partial charge in [-0.2, -0.15) is 0 Å². The highest BCUT2D eigenvalue weighted by atomic mass is 14.8. The summed E-state index contributed by atoms with van der Waals surface area (Å²) in [6, 6.07) is 0. The van der Waals surface area contributed by atoms with Crippen LogP contribution in [0.4, 0.5) is 0 Å². The first kappa shape index (κ1) is 14.6. The van der Waals surface area contributed by atoms with Crippen molar-refractivity contribution >= 4 is 12.2 Å². The van der Waals surface area contributed by atoms with Gasteiger partial charge in [-0.05, 0) is 17.6 Å². The lowest BCUT2D eigenvalue weighted by Gasteiger charge is -2.36. The van der Waals surface area contributed by atoms with Gasteiger partial charge in [0.05, 0.1) is 11.4 Å². The first-order valence-corrected chi connectivity index (χ1v) is 6.62. The molecule has 98 valence electrons. The molecule has 18 heavy (non-hydrogen) atoms. The highest BCUT2D eigenvalue weighted by Crippen LogP contribution is 2.42. The maximum Gasteiger partial charge on any atom is 0.0883 e. The molecule has 0 unspecified atom stereocenters. The van der Waals surface area contributed by atoms with E-state index in [1.807, 2.05) is 13.8 Å². The molecule has 2 nitrogen and oxygen atoms in total. The average Bonchev–Trinajstić information content (AvgIpc) is 2.53. The van der Waals surface area contributed by atoms with E-state index in [1.54, 1.807) is 12.4 Å². The van der Waals surface area contributed by atoms with Gasteiger partial charge in [-0.1, -0.05) is 53.7 Å². The summed E-state index contributed by atoms with van der Waals surface area (Å²) in [5.41, 5.74) is 2.12. The van der Waals surface area contributed by atoms with E-state index in [4.69, 9.17) is 0 Å². The van der Waals surface area contributed by atoms with Crippen LogP contribution < -0.4 is 0 Å². The smallest absolute Gasteiger partial charge is 0.0883 e. The lowest BCUT2D eigenvalue weighted by molar-refractivity contribution is 0.230. The Morgan fingerprint density at radius 1 is 0.889 bits per heavy atom. The van der Waals surface area contributed by atoms with Crippen LogP contribution in [0.1, 0.15) is 52.9 Å². The molecule has 0 atom stereocenters. The van der Waals surface area contributed by atoms with Gasteiger partial charge in [0.1, 0.15) is 0 Å². The molecule has 0 saturated carbocycles. The Bertz CT molecular complexity index is 417. The van der Waals surface area contributed by atoms with E-state index in [9.17, 15) is 0 Å². The third-order valence-corrected chi connectivity index (χ3v) is 3.55. The van der Waals surface area contributed by atoms with Gasteiger partial charge in [-0.15, -0.1) is 0 Å². The van der Waals surface area contributed by atoms with E-state index in [2.05, 4.69) is 62.0 Å². The summed E-state index contributed by atoms with van der Waals surface area (Å²) >= 11 is 0. The molecule has 0 saturated heterocycles. The molecular formula is C16H24N2. The van der Waals surface area contributed by atoms with E-state index in [-0.39, 0.29) is 10.8 Å². The molecule has 2 rings (SSSR count). The predicted octanol–water partition coefficient (Wildman–Crippen LogP) is 4.60. The monoisotopic (exact) mass is 244 g/mol. The number of aromatic nitrogens is 2. The quantitative estimate of drug-likeness (QED) is 0.666. The van der Waals surface area contributed by atoms with Crippen molar-refractivity contribution in [1.29, 1.82) is 0 Å². The minimum Gasteiger partial charge on any atom is -0.253 e. The van der Waals surface area contributed by atoms with Crippen LogP contribution in [0.2, 0.25) is 0 Å². The van der Waals surface area contributed by atoms with Gasteiger partial charge in [0, 0.05) is 17.8 Å². The molecule has 2 heteroatoms. The molecule has 1 aromatic rings. The summed E-state index contributed by atoms with van der Waals surface area (Å²) in [5, 5.41) is 0. The first-order valence-electron chi connectivity index (χ1n) is 6.62. The second-order valence-electron chi connectivity index (χ2n) is 5.53. The molecule has 0 aliphatic heterocycles. The minimum atomic E-state index is 0.0371. The number of fused-ring (bicyclic) bond motifs is 1. The fraction of sp³-hybridized carbons (Fsp3) is 0.500. The van der Waals surface area contributed by atoms with Crippen LogP contribution in [-0.2, 0) is 0 Å². The highest BCUT2D eigenvalue weighted by Gasteiger charge is 2.33. The summed E-state index contributed by atoms with van der Waals surface area (Å²) in [5.74, 6) is 0. The van der Waals surface area contributed by atoms with Crippen molar-refractivity contribution in [2.45, 2.75) is 41.5 Å². The van der Waals surface area contributed by atoms with Crippen molar-refractivity contribution in [1.82, 2.24) is 9.97 Å². The van der Waals surface area contributed by atoms with Crippen molar-refractivity contribution in [3.05, 3.63) is 35.9 Å². The SMILES string of the molecule is CC.CC(C)(C)C1(C)C=Cc2nccnc2C=C1. The average molecular weight is 244 g/mol. The Balaban J connectivity index is 0.000000771. The molecule has 0 amide bonds. The number of allylic oxidation sites excluding steroid dienone is 2. The molecule has 0 bridgehead atoms. The molecule has 0 aromatic carbocycles. The zero-order chi connectivity index (χ0) is 13.8. The van der Waals surface area contributed by atoms with E-state index in [1.165, 1.54) is 0 Å². The Morgan fingerprint density at radius 3 is 1.61 bits per heavy atom. The maximum atomic E-state index is 4.33. The van der Waals surface area contributed by atoms with Gasteiger partial charge in [-0.3, -0.25) is 9.97 Å². The molecule has 1 aliphatic rings. The Kier molecular flexibility index (Phi) is 4.44. The largest absolute Gasteiger partial charge is 0.253 e. The summed E-state index contributed by atoms with van der Waals surface area (Å²) in [6.07, 6.45) is 12.1. The fourth-order valence-corrected chi connectivity index (χ4v) is 1.68. The predicted molar refractivity (Wildman–Crippen MR) is 79.0 cm³/mol. The lowest BCUT2D eigenvalue weighted by Crippen LogP contribution is -2.28. The van der Waals surface area contributed by atoms with Crippen LogP contribution in [0.25, 0.3) is 12.2 Å². The van der Waals surface area contributed by atoms with Gasteiger partial charge in [0.2, 0.25) is 0 Å². The molecule has 1 heterocycles.